The minimum absolute atomic E-state index is 0. The molecule has 152 valence electrons. The summed E-state index contributed by atoms with van der Waals surface area (Å²) in [7, 11) is 0. The van der Waals surface area contributed by atoms with E-state index in [0.717, 1.165) is 61.7 Å². The highest BCUT2D eigenvalue weighted by Gasteiger charge is 2.13. The Morgan fingerprint density at radius 2 is 1.81 bits per heavy atom. The van der Waals surface area contributed by atoms with E-state index in [4.69, 9.17) is 14.5 Å². The Morgan fingerprint density at radius 3 is 2.41 bits per heavy atom. The van der Waals surface area contributed by atoms with Gasteiger partial charge in [-0.2, -0.15) is 0 Å². The second-order valence-corrected chi connectivity index (χ2v) is 7.36. The van der Waals surface area contributed by atoms with E-state index in [1.165, 1.54) is 15.6 Å². The van der Waals surface area contributed by atoms with Crippen LogP contribution in [0.4, 0.5) is 0 Å². The molecular weight excluding hydrogens is 473 g/mol. The van der Waals surface area contributed by atoms with Gasteiger partial charge in [-0.15, -0.1) is 35.3 Å². The largest absolute Gasteiger partial charge is 0.361 e. The van der Waals surface area contributed by atoms with Crippen molar-refractivity contribution < 1.29 is 4.52 Å². The molecule has 0 saturated carbocycles. The summed E-state index contributed by atoms with van der Waals surface area (Å²) >= 11 is 1.79. The molecule has 8 heteroatoms. The smallest absolute Gasteiger partial charge is 0.191 e. The highest BCUT2D eigenvalue weighted by atomic mass is 127. The molecule has 27 heavy (non-hydrogen) atoms. The molecule has 0 aliphatic carbocycles. The molecule has 2 heterocycles. The number of nitrogens with one attached hydrogen (secondary N) is 2. The van der Waals surface area contributed by atoms with E-state index in [9.17, 15) is 0 Å². The second kappa shape index (κ2) is 12.3. The van der Waals surface area contributed by atoms with Crippen molar-refractivity contribution in [3.8, 4) is 0 Å². The molecular formula is C19H32IN5OS. The van der Waals surface area contributed by atoms with Crippen molar-refractivity contribution in [3.05, 3.63) is 32.6 Å². The number of aromatic nitrogens is 2. The van der Waals surface area contributed by atoms with Crippen molar-refractivity contribution >= 4 is 41.3 Å². The fraction of sp³-hybridized carbons (Fsp3) is 0.632. The Hall–Kier alpha value is -1.16. The fourth-order valence-electron chi connectivity index (χ4n) is 2.83. The van der Waals surface area contributed by atoms with Gasteiger partial charge in [-0.05, 0) is 26.7 Å². The van der Waals surface area contributed by atoms with Crippen molar-refractivity contribution in [2.24, 2.45) is 4.99 Å². The molecule has 2 aromatic heterocycles. The van der Waals surface area contributed by atoms with E-state index in [0.29, 0.717) is 6.54 Å². The number of nitrogens with zero attached hydrogens (tertiary/aromatic N) is 3. The van der Waals surface area contributed by atoms with Gasteiger partial charge in [0.1, 0.15) is 5.76 Å². The molecule has 2 N–H and O–H groups in total. The monoisotopic (exact) mass is 505 g/mol. The van der Waals surface area contributed by atoms with Gasteiger partial charge in [-0.25, -0.2) is 9.98 Å². The number of halogens is 1. The molecule has 6 nitrogen and oxygen atoms in total. The zero-order valence-corrected chi connectivity index (χ0v) is 20.2. The van der Waals surface area contributed by atoms with Crippen molar-refractivity contribution in [1.82, 2.24) is 20.8 Å². The normalized spacial score (nSPS) is 11.4. The predicted molar refractivity (Wildman–Crippen MR) is 123 cm³/mol. The molecule has 0 bridgehead atoms. The maximum atomic E-state index is 5.42. The van der Waals surface area contributed by atoms with Gasteiger partial charge in [0.25, 0.3) is 0 Å². The van der Waals surface area contributed by atoms with E-state index in [1.807, 2.05) is 0 Å². The molecule has 0 amide bonds. The van der Waals surface area contributed by atoms with Crippen LogP contribution < -0.4 is 10.6 Å². The maximum Gasteiger partial charge on any atom is 0.191 e. The third kappa shape index (κ3) is 6.74. The number of thiazole rings is 1. The lowest BCUT2D eigenvalue weighted by molar-refractivity contribution is 0.380. The number of rotatable bonds is 9. The zero-order valence-electron chi connectivity index (χ0n) is 17.0. The fourth-order valence-corrected chi connectivity index (χ4v) is 3.85. The highest BCUT2D eigenvalue weighted by molar-refractivity contribution is 14.0. The van der Waals surface area contributed by atoms with Gasteiger partial charge in [-0.1, -0.05) is 25.9 Å². The van der Waals surface area contributed by atoms with Gasteiger partial charge < -0.3 is 15.2 Å². The zero-order chi connectivity index (χ0) is 18.9. The summed E-state index contributed by atoms with van der Waals surface area (Å²) in [6.07, 6.45) is 3.61. The molecule has 2 rings (SSSR count). The van der Waals surface area contributed by atoms with Crippen molar-refractivity contribution in [2.75, 3.05) is 13.1 Å². The van der Waals surface area contributed by atoms with E-state index >= 15 is 0 Å². The summed E-state index contributed by atoms with van der Waals surface area (Å²) in [6.45, 7) is 12.8. The summed E-state index contributed by atoms with van der Waals surface area (Å²) in [5.74, 6) is 1.76. The van der Waals surface area contributed by atoms with Crippen molar-refractivity contribution in [2.45, 2.75) is 66.8 Å². The Kier molecular flexibility index (Phi) is 10.9. The predicted octanol–water partition coefficient (Wildman–Crippen LogP) is 4.04. The first-order valence-corrected chi connectivity index (χ1v) is 10.4. The third-order valence-electron chi connectivity index (χ3n) is 4.25. The number of hydrogen-bond donors (Lipinski definition) is 2. The Bertz CT molecular complexity index is 704. The number of hydrogen-bond acceptors (Lipinski definition) is 5. The molecule has 0 atom stereocenters. The topological polar surface area (TPSA) is 75.3 Å². The molecule has 0 radical (unpaired) electrons. The molecule has 0 aliphatic heterocycles. The summed E-state index contributed by atoms with van der Waals surface area (Å²) in [6, 6.07) is 0. The van der Waals surface area contributed by atoms with Crippen LogP contribution in [0.5, 0.6) is 0 Å². The van der Waals surface area contributed by atoms with Gasteiger partial charge >= 0.3 is 0 Å². The van der Waals surface area contributed by atoms with Crippen LogP contribution in [0.1, 0.15) is 60.3 Å². The first-order valence-electron chi connectivity index (χ1n) is 9.56. The van der Waals surface area contributed by atoms with E-state index < -0.39 is 0 Å². The van der Waals surface area contributed by atoms with E-state index in [-0.39, 0.29) is 24.0 Å². The average molecular weight is 505 g/mol. The van der Waals surface area contributed by atoms with Crippen LogP contribution in [-0.2, 0) is 32.2 Å². The average Bonchev–Trinajstić information content (AvgIpc) is 3.21. The molecule has 0 unspecified atom stereocenters. The van der Waals surface area contributed by atoms with Gasteiger partial charge in [0.2, 0.25) is 0 Å². The van der Waals surface area contributed by atoms with Crippen LogP contribution in [0.2, 0.25) is 0 Å². The molecule has 0 aromatic carbocycles. The van der Waals surface area contributed by atoms with Crippen molar-refractivity contribution in [3.63, 3.8) is 0 Å². The lowest BCUT2D eigenvalue weighted by Gasteiger charge is -2.10. The van der Waals surface area contributed by atoms with Crippen LogP contribution in [-0.4, -0.2) is 29.2 Å². The van der Waals surface area contributed by atoms with Gasteiger partial charge in [-0.3, -0.25) is 0 Å². The van der Waals surface area contributed by atoms with Crippen LogP contribution in [0, 0.1) is 6.92 Å². The maximum absolute atomic E-state index is 5.42. The summed E-state index contributed by atoms with van der Waals surface area (Å²) < 4.78 is 5.42. The van der Waals surface area contributed by atoms with Crippen LogP contribution in [0.15, 0.2) is 9.52 Å². The SMILES string of the molecule is CCNC(=NCc1c(CC)noc1CC)NCCc1nc(CC)c(C)s1.I. The third-order valence-corrected chi connectivity index (χ3v) is 5.32. The van der Waals surface area contributed by atoms with E-state index in [1.54, 1.807) is 11.3 Å². The van der Waals surface area contributed by atoms with E-state index in [2.05, 4.69) is 50.4 Å². The summed E-state index contributed by atoms with van der Waals surface area (Å²) in [4.78, 5) is 10.7. The minimum atomic E-state index is 0. The van der Waals surface area contributed by atoms with Gasteiger partial charge in [0, 0.05) is 36.4 Å². The van der Waals surface area contributed by atoms with Crippen molar-refractivity contribution in [1.29, 1.82) is 0 Å². The second-order valence-electron chi connectivity index (χ2n) is 6.07. The standard InChI is InChI=1S/C19H31N5OS.HI/c1-6-15-13(5)26-18(23-15)10-11-21-19(20-9-4)22-12-14-16(7-2)24-25-17(14)8-3;/h6-12H2,1-5H3,(H2,20,21,22);1H. The Labute approximate surface area is 183 Å². The lowest BCUT2D eigenvalue weighted by atomic mass is 10.1. The first kappa shape index (κ1) is 23.9. The quantitative estimate of drug-likeness (QED) is 0.306. The molecule has 0 saturated heterocycles. The summed E-state index contributed by atoms with van der Waals surface area (Å²) in [5, 5.41) is 12.1. The molecule has 0 aliphatic rings. The molecule has 2 aromatic rings. The minimum Gasteiger partial charge on any atom is -0.361 e. The number of aliphatic imine (C=N–C) groups is 1. The Morgan fingerprint density at radius 1 is 1.07 bits per heavy atom. The highest BCUT2D eigenvalue weighted by Crippen LogP contribution is 2.18. The van der Waals surface area contributed by atoms with Crippen LogP contribution >= 0.6 is 35.3 Å². The van der Waals surface area contributed by atoms with Gasteiger partial charge in [0.05, 0.1) is 22.9 Å². The van der Waals surface area contributed by atoms with Crippen LogP contribution in [0.3, 0.4) is 0 Å². The molecule has 0 spiro atoms. The number of guanidine groups is 1. The molecule has 0 fully saturated rings. The first-order chi connectivity index (χ1) is 12.6. The summed E-state index contributed by atoms with van der Waals surface area (Å²) in [5.41, 5.74) is 3.35. The lowest BCUT2D eigenvalue weighted by Crippen LogP contribution is -2.38. The number of aryl methyl sites for hydroxylation is 4. The van der Waals surface area contributed by atoms with Crippen LogP contribution in [0.25, 0.3) is 0 Å². The van der Waals surface area contributed by atoms with Gasteiger partial charge in [0.15, 0.2) is 5.96 Å². The Balaban J connectivity index is 0.00000364.